The molecule has 0 aliphatic carbocycles. The summed E-state index contributed by atoms with van der Waals surface area (Å²) < 4.78 is 35.8. The standard InChI is InChI=1S/C16H25N2O6SSi/c1-5-24-15(19)11-25(21,22)18-12-6-7-13(16(20)23-2)14(10-12)17-8-9-26(3)4/h6-7,10,17-18H,5,8-9,11H2,1-4H3. The first kappa shape index (κ1) is 22.0. The molecule has 0 atom stereocenters. The molecule has 8 nitrogen and oxygen atoms in total. The second kappa shape index (κ2) is 10.2. The van der Waals surface area contributed by atoms with Crippen LogP contribution in [0.1, 0.15) is 17.3 Å². The molecule has 0 fully saturated rings. The molecular weight excluding hydrogens is 376 g/mol. The van der Waals surface area contributed by atoms with Gasteiger partial charge in [0.2, 0.25) is 10.0 Å². The SMILES string of the molecule is CCOC(=O)CS(=O)(=O)Nc1ccc(C(=O)OC)c(NCC[Si](C)C)c1. The fraction of sp³-hybridized carbons (Fsp3) is 0.500. The van der Waals surface area contributed by atoms with Crippen molar-refractivity contribution in [2.24, 2.45) is 0 Å². The molecule has 2 N–H and O–H groups in total. The lowest BCUT2D eigenvalue weighted by Gasteiger charge is -2.14. The van der Waals surface area contributed by atoms with Crippen molar-refractivity contribution in [2.45, 2.75) is 26.1 Å². The maximum absolute atomic E-state index is 12.1. The van der Waals surface area contributed by atoms with Gasteiger partial charge >= 0.3 is 11.9 Å². The van der Waals surface area contributed by atoms with Crippen LogP contribution in [0.5, 0.6) is 0 Å². The van der Waals surface area contributed by atoms with Crippen molar-refractivity contribution >= 4 is 42.1 Å². The minimum Gasteiger partial charge on any atom is -0.465 e. The van der Waals surface area contributed by atoms with Crippen molar-refractivity contribution < 1.29 is 27.5 Å². The number of carbonyl (C=O) groups excluding carboxylic acids is 2. The molecule has 0 bridgehead atoms. The van der Waals surface area contributed by atoms with Crippen LogP contribution in [0.3, 0.4) is 0 Å². The van der Waals surface area contributed by atoms with Crippen LogP contribution < -0.4 is 10.0 Å². The summed E-state index contributed by atoms with van der Waals surface area (Å²) in [7, 11) is -3.07. The van der Waals surface area contributed by atoms with E-state index in [2.05, 4.69) is 27.9 Å². The fourth-order valence-electron chi connectivity index (χ4n) is 2.06. The Morgan fingerprint density at radius 2 is 1.92 bits per heavy atom. The van der Waals surface area contributed by atoms with Gasteiger partial charge in [0.15, 0.2) is 5.75 Å². The van der Waals surface area contributed by atoms with Gasteiger partial charge in [-0.1, -0.05) is 13.1 Å². The van der Waals surface area contributed by atoms with Gasteiger partial charge in [-0.15, -0.1) is 0 Å². The third-order valence-corrected chi connectivity index (χ3v) is 5.66. The molecule has 1 rings (SSSR count). The van der Waals surface area contributed by atoms with Crippen LogP contribution in [0.25, 0.3) is 0 Å². The molecule has 0 heterocycles. The quantitative estimate of drug-likeness (QED) is 0.455. The van der Waals surface area contributed by atoms with Crippen LogP contribution in [0.4, 0.5) is 11.4 Å². The Bertz CT molecular complexity index is 736. The lowest BCUT2D eigenvalue weighted by molar-refractivity contribution is -0.139. The van der Waals surface area contributed by atoms with Crippen molar-refractivity contribution in [2.75, 3.05) is 36.1 Å². The highest BCUT2D eigenvalue weighted by Gasteiger charge is 2.19. The number of hydrogen-bond donors (Lipinski definition) is 2. The van der Waals surface area contributed by atoms with Crippen LogP contribution in [0.2, 0.25) is 19.1 Å². The van der Waals surface area contributed by atoms with Gasteiger partial charge in [0.25, 0.3) is 0 Å². The first-order valence-corrected chi connectivity index (χ1v) is 12.5. The second-order valence-corrected chi connectivity index (χ2v) is 10.4. The zero-order valence-corrected chi connectivity index (χ0v) is 17.2. The Kier molecular flexibility index (Phi) is 8.59. The second-order valence-electron chi connectivity index (χ2n) is 5.80. The van der Waals surface area contributed by atoms with Gasteiger partial charge in [-0.3, -0.25) is 9.52 Å². The van der Waals surface area contributed by atoms with Crippen LogP contribution in [0.15, 0.2) is 18.2 Å². The molecule has 10 heteroatoms. The van der Waals surface area contributed by atoms with E-state index in [0.717, 1.165) is 6.04 Å². The molecule has 0 aromatic heterocycles. The monoisotopic (exact) mass is 401 g/mol. The molecule has 1 radical (unpaired) electrons. The number of sulfonamides is 1. The average Bonchev–Trinajstić information content (AvgIpc) is 2.53. The first-order chi connectivity index (χ1) is 12.2. The van der Waals surface area contributed by atoms with Crippen molar-refractivity contribution in [1.82, 2.24) is 0 Å². The number of rotatable bonds is 10. The van der Waals surface area contributed by atoms with E-state index >= 15 is 0 Å². The molecule has 1 aromatic carbocycles. The van der Waals surface area contributed by atoms with E-state index in [9.17, 15) is 18.0 Å². The van der Waals surface area contributed by atoms with Gasteiger partial charge in [0.1, 0.15) is 0 Å². The Hall–Kier alpha value is -2.07. The number of nitrogens with one attached hydrogen (secondary N) is 2. The van der Waals surface area contributed by atoms with Gasteiger partial charge in [-0.25, -0.2) is 13.2 Å². The van der Waals surface area contributed by atoms with E-state index in [0.29, 0.717) is 17.8 Å². The van der Waals surface area contributed by atoms with Crippen LogP contribution in [0, 0.1) is 0 Å². The molecule has 0 amide bonds. The summed E-state index contributed by atoms with van der Waals surface area (Å²) in [6, 6.07) is 5.39. The molecule has 0 spiro atoms. The average molecular weight is 402 g/mol. The van der Waals surface area contributed by atoms with Gasteiger partial charge in [-0.05, 0) is 31.2 Å². The van der Waals surface area contributed by atoms with Crippen molar-refractivity contribution in [3.05, 3.63) is 23.8 Å². The van der Waals surface area contributed by atoms with Crippen molar-refractivity contribution in [3.63, 3.8) is 0 Å². The number of methoxy groups -OCH3 is 1. The minimum atomic E-state index is -3.91. The third kappa shape index (κ3) is 7.44. The van der Waals surface area contributed by atoms with E-state index in [4.69, 9.17) is 4.74 Å². The third-order valence-electron chi connectivity index (χ3n) is 3.25. The smallest absolute Gasteiger partial charge is 0.339 e. The summed E-state index contributed by atoms with van der Waals surface area (Å²) in [5.41, 5.74) is 1.02. The summed E-state index contributed by atoms with van der Waals surface area (Å²) in [6.07, 6.45) is 0. The normalized spacial score (nSPS) is 11.1. The molecule has 0 aliphatic heterocycles. The maximum Gasteiger partial charge on any atom is 0.339 e. The highest BCUT2D eigenvalue weighted by molar-refractivity contribution is 7.93. The maximum atomic E-state index is 12.1. The number of carbonyl (C=O) groups is 2. The summed E-state index contributed by atoms with van der Waals surface area (Å²) in [5, 5.41) is 3.15. The van der Waals surface area contributed by atoms with Crippen LogP contribution >= 0.6 is 0 Å². The summed E-state index contributed by atoms with van der Waals surface area (Å²) in [4.78, 5) is 23.3. The van der Waals surface area contributed by atoms with Crippen molar-refractivity contribution in [3.8, 4) is 0 Å². The molecule has 145 valence electrons. The predicted molar refractivity (Wildman–Crippen MR) is 103 cm³/mol. The van der Waals surface area contributed by atoms with E-state index < -0.39 is 36.5 Å². The topological polar surface area (TPSA) is 111 Å². The first-order valence-electron chi connectivity index (χ1n) is 8.10. The molecule has 0 saturated heterocycles. The van der Waals surface area contributed by atoms with Gasteiger partial charge < -0.3 is 14.8 Å². The van der Waals surface area contributed by atoms with Gasteiger partial charge in [0, 0.05) is 15.3 Å². The number of hydrogen-bond acceptors (Lipinski definition) is 7. The van der Waals surface area contributed by atoms with Crippen LogP contribution in [-0.2, 0) is 24.3 Å². The highest BCUT2D eigenvalue weighted by Crippen LogP contribution is 2.23. The van der Waals surface area contributed by atoms with E-state index in [-0.39, 0.29) is 12.3 Å². The largest absolute Gasteiger partial charge is 0.465 e. The molecule has 0 unspecified atom stereocenters. The Labute approximate surface area is 155 Å². The summed E-state index contributed by atoms with van der Waals surface area (Å²) in [6.45, 7) is 6.71. The highest BCUT2D eigenvalue weighted by atomic mass is 32.2. The van der Waals surface area contributed by atoms with E-state index in [1.807, 2.05) is 0 Å². The van der Waals surface area contributed by atoms with Gasteiger partial charge in [0.05, 0.1) is 30.7 Å². The molecule has 1 aromatic rings. The summed E-state index contributed by atoms with van der Waals surface area (Å²) >= 11 is 0. The Morgan fingerprint density at radius 1 is 1.23 bits per heavy atom. The zero-order valence-electron chi connectivity index (χ0n) is 15.4. The van der Waals surface area contributed by atoms with E-state index in [1.165, 1.54) is 25.3 Å². The Morgan fingerprint density at radius 3 is 2.50 bits per heavy atom. The predicted octanol–water partition coefficient (Wildman–Crippen LogP) is 1.94. The van der Waals surface area contributed by atoms with Crippen LogP contribution in [-0.4, -0.2) is 55.2 Å². The fourth-order valence-corrected chi connectivity index (χ4v) is 3.64. The lowest BCUT2D eigenvalue weighted by atomic mass is 10.1. The molecular formula is C16H25N2O6SSi. The number of ether oxygens (including phenoxy) is 2. The minimum absolute atomic E-state index is 0.106. The zero-order chi connectivity index (χ0) is 19.7. The van der Waals surface area contributed by atoms with Crippen molar-refractivity contribution in [1.29, 1.82) is 0 Å². The number of anilines is 2. The molecule has 0 saturated carbocycles. The summed E-state index contributed by atoms with van der Waals surface area (Å²) in [5.74, 6) is -2.13. The number of esters is 2. The Balaban J connectivity index is 2.98. The molecule has 26 heavy (non-hydrogen) atoms. The number of benzene rings is 1. The lowest BCUT2D eigenvalue weighted by Crippen LogP contribution is -2.24. The molecule has 0 aliphatic rings. The van der Waals surface area contributed by atoms with Gasteiger partial charge in [-0.2, -0.15) is 0 Å². The van der Waals surface area contributed by atoms with E-state index in [1.54, 1.807) is 6.92 Å².